The lowest BCUT2D eigenvalue weighted by molar-refractivity contribution is 0.476. The van der Waals surface area contributed by atoms with Crippen LogP contribution in [-0.4, -0.2) is 31.3 Å². The Bertz CT molecular complexity index is 440. The number of halogens is 1. The van der Waals surface area contributed by atoms with Crippen molar-refractivity contribution in [3.05, 3.63) is 16.4 Å². The number of rotatable bonds is 5. The number of nitrogens with one attached hydrogen (secondary N) is 1. The fourth-order valence-corrected chi connectivity index (χ4v) is 6.03. The van der Waals surface area contributed by atoms with Crippen molar-refractivity contribution < 1.29 is 0 Å². The summed E-state index contributed by atoms with van der Waals surface area (Å²) < 4.78 is 3.12. The van der Waals surface area contributed by atoms with E-state index >= 15 is 0 Å². The third-order valence-corrected chi connectivity index (χ3v) is 7.79. The monoisotopic (exact) mass is 378 g/mol. The van der Waals surface area contributed by atoms with Crippen LogP contribution in [0.5, 0.6) is 0 Å². The summed E-state index contributed by atoms with van der Waals surface area (Å²) in [6.45, 7) is 7.70. The van der Waals surface area contributed by atoms with Gasteiger partial charge in [0.1, 0.15) is 0 Å². The number of aryl methyl sites for hydroxylation is 1. The van der Waals surface area contributed by atoms with Crippen molar-refractivity contribution in [1.82, 2.24) is 15.2 Å². The molecule has 114 valence electrons. The fraction of sp³-hybridized carbons (Fsp3) is 0.769. The second kappa shape index (κ2) is 7.54. The van der Waals surface area contributed by atoms with E-state index in [9.17, 15) is 0 Å². The second-order valence-corrected chi connectivity index (χ2v) is 9.05. The highest BCUT2D eigenvalue weighted by Crippen LogP contribution is 2.42. The highest BCUT2D eigenvalue weighted by molar-refractivity contribution is 9.10. The lowest BCUT2D eigenvalue weighted by atomic mass is 10.1. The van der Waals surface area contributed by atoms with Gasteiger partial charge in [-0.2, -0.15) is 28.6 Å². The Labute approximate surface area is 138 Å². The number of hydrazine groups is 1. The van der Waals surface area contributed by atoms with E-state index in [1.54, 1.807) is 0 Å². The third kappa shape index (κ3) is 3.55. The van der Waals surface area contributed by atoms with Crippen molar-refractivity contribution in [2.45, 2.75) is 55.5 Å². The van der Waals surface area contributed by atoms with E-state index in [-0.39, 0.29) is 6.04 Å². The zero-order valence-corrected chi connectivity index (χ0v) is 15.4. The highest BCUT2D eigenvalue weighted by Gasteiger charge is 2.34. The van der Waals surface area contributed by atoms with Crippen molar-refractivity contribution in [1.29, 1.82) is 0 Å². The molecule has 0 saturated carbocycles. The lowest BCUT2D eigenvalue weighted by Crippen LogP contribution is -2.41. The summed E-state index contributed by atoms with van der Waals surface area (Å²) in [6.07, 6.45) is 2.94. The maximum absolute atomic E-state index is 5.87. The SMILES string of the molecule is CCCn1ncc(Br)c1C(NN)C1CSC(C)C(C)S1. The van der Waals surface area contributed by atoms with Crippen LogP contribution in [0, 0.1) is 0 Å². The number of hydrogen-bond donors (Lipinski definition) is 2. The van der Waals surface area contributed by atoms with Gasteiger partial charge in [0.25, 0.3) is 0 Å². The van der Waals surface area contributed by atoms with Gasteiger partial charge >= 0.3 is 0 Å². The molecule has 4 nitrogen and oxygen atoms in total. The van der Waals surface area contributed by atoms with Gasteiger partial charge in [0.15, 0.2) is 0 Å². The molecule has 1 aliphatic rings. The van der Waals surface area contributed by atoms with Crippen LogP contribution in [0.25, 0.3) is 0 Å². The molecule has 1 saturated heterocycles. The van der Waals surface area contributed by atoms with Crippen LogP contribution in [0.2, 0.25) is 0 Å². The molecule has 7 heteroatoms. The topological polar surface area (TPSA) is 55.9 Å². The molecule has 4 atom stereocenters. The van der Waals surface area contributed by atoms with Crippen molar-refractivity contribution in [2.75, 3.05) is 5.75 Å². The molecule has 2 heterocycles. The van der Waals surface area contributed by atoms with Crippen LogP contribution in [0.15, 0.2) is 10.7 Å². The first kappa shape index (κ1) is 16.7. The molecule has 1 aromatic heterocycles. The third-order valence-electron chi connectivity index (χ3n) is 3.69. The minimum absolute atomic E-state index is 0.130. The van der Waals surface area contributed by atoms with E-state index in [4.69, 9.17) is 5.84 Å². The largest absolute Gasteiger partial charge is 0.271 e. The second-order valence-electron chi connectivity index (χ2n) is 5.16. The molecule has 0 spiro atoms. The summed E-state index contributed by atoms with van der Waals surface area (Å²) in [5.74, 6) is 6.99. The van der Waals surface area contributed by atoms with Gasteiger partial charge < -0.3 is 0 Å². The van der Waals surface area contributed by atoms with Gasteiger partial charge in [-0.25, -0.2) is 0 Å². The summed E-state index contributed by atoms with van der Waals surface area (Å²) >= 11 is 7.70. The summed E-state index contributed by atoms with van der Waals surface area (Å²) in [4.78, 5) is 0. The van der Waals surface area contributed by atoms with Crippen LogP contribution < -0.4 is 11.3 Å². The van der Waals surface area contributed by atoms with Gasteiger partial charge in [0.05, 0.1) is 22.4 Å². The van der Waals surface area contributed by atoms with Gasteiger partial charge in [-0.05, 0) is 22.4 Å². The molecule has 0 amide bonds. The summed E-state index contributed by atoms with van der Waals surface area (Å²) in [5, 5.41) is 6.29. The van der Waals surface area contributed by atoms with E-state index in [0.717, 1.165) is 23.2 Å². The predicted octanol–water partition coefficient (Wildman–Crippen LogP) is 3.19. The minimum Gasteiger partial charge on any atom is -0.271 e. The van der Waals surface area contributed by atoms with Crippen molar-refractivity contribution in [2.24, 2.45) is 5.84 Å². The molecule has 0 radical (unpaired) electrons. The van der Waals surface area contributed by atoms with Crippen LogP contribution in [0.3, 0.4) is 0 Å². The normalized spacial score (nSPS) is 28.6. The predicted molar refractivity (Wildman–Crippen MR) is 93.0 cm³/mol. The van der Waals surface area contributed by atoms with Gasteiger partial charge in [0.2, 0.25) is 0 Å². The Morgan fingerprint density at radius 1 is 1.55 bits per heavy atom. The molecule has 3 N–H and O–H groups in total. The minimum atomic E-state index is 0.130. The van der Waals surface area contributed by atoms with Crippen LogP contribution in [-0.2, 0) is 6.54 Å². The van der Waals surface area contributed by atoms with Gasteiger partial charge in [-0.15, -0.1) is 0 Å². The van der Waals surface area contributed by atoms with Gasteiger partial charge in [-0.1, -0.05) is 20.8 Å². The number of aromatic nitrogens is 2. The summed E-state index contributed by atoms with van der Waals surface area (Å²) in [7, 11) is 0. The van der Waals surface area contributed by atoms with Gasteiger partial charge in [-0.3, -0.25) is 16.0 Å². The van der Waals surface area contributed by atoms with Crippen molar-refractivity contribution in [3.8, 4) is 0 Å². The average molecular weight is 379 g/mol. The first-order valence-corrected chi connectivity index (χ1v) is 9.81. The molecule has 2 rings (SSSR count). The van der Waals surface area contributed by atoms with Crippen molar-refractivity contribution >= 4 is 39.5 Å². The Balaban J connectivity index is 2.21. The Morgan fingerprint density at radius 2 is 2.30 bits per heavy atom. The molecular formula is C13H23BrN4S2. The quantitative estimate of drug-likeness (QED) is 0.608. The van der Waals surface area contributed by atoms with Crippen LogP contribution in [0.4, 0.5) is 0 Å². The Morgan fingerprint density at radius 3 is 2.90 bits per heavy atom. The van der Waals surface area contributed by atoms with E-state index in [1.807, 2.05) is 29.7 Å². The van der Waals surface area contributed by atoms with E-state index in [0.29, 0.717) is 15.7 Å². The van der Waals surface area contributed by atoms with Crippen LogP contribution >= 0.6 is 39.5 Å². The highest BCUT2D eigenvalue weighted by atomic mass is 79.9. The lowest BCUT2D eigenvalue weighted by Gasteiger charge is -2.35. The van der Waals surface area contributed by atoms with Crippen LogP contribution in [0.1, 0.15) is 38.9 Å². The molecule has 1 fully saturated rings. The first-order valence-electron chi connectivity index (χ1n) is 7.02. The summed E-state index contributed by atoms with van der Waals surface area (Å²) in [5.41, 5.74) is 4.20. The van der Waals surface area contributed by atoms with E-state index < -0.39 is 0 Å². The summed E-state index contributed by atoms with van der Waals surface area (Å²) in [6, 6.07) is 0.130. The van der Waals surface area contributed by atoms with Crippen molar-refractivity contribution in [3.63, 3.8) is 0 Å². The molecule has 20 heavy (non-hydrogen) atoms. The molecule has 1 aromatic rings. The number of nitrogens with two attached hydrogens (primary N) is 1. The molecule has 4 unspecified atom stereocenters. The average Bonchev–Trinajstić information content (AvgIpc) is 2.77. The zero-order valence-electron chi connectivity index (χ0n) is 12.2. The molecule has 0 aliphatic carbocycles. The number of nitrogens with zero attached hydrogens (tertiary/aromatic N) is 2. The number of thioether (sulfide) groups is 2. The van der Waals surface area contributed by atoms with E-state index in [1.165, 1.54) is 5.69 Å². The van der Waals surface area contributed by atoms with Gasteiger partial charge in [0, 0.05) is 28.0 Å². The molecule has 0 bridgehead atoms. The molecular weight excluding hydrogens is 356 g/mol. The maximum atomic E-state index is 5.87. The smallest absolute Gasteiger partial charge is 0.0767 e. The fourth-order valence-electron chi connectivity index (χ4n) is 2.42. The maximum Gasteiger partial charge on any atom is 0.0767 e. The number of hydrogen-bond acceptors (Lipinski definition) is 5. The first-order chi connectivity index (χ1) is 9.58. The standard InChI is InChI=1S/C13H23BrN4S2/c1-4-5-18-13(10(14)6-16-18)12(17-15)11-7-19-8(2)9(3)20-11/h6,8-9,11-12,17H,4-5,7,15H2,1-3H3. The molecule has 1 aliphatic heterocycles. The van der Waals surface area contributed by atoms with E-state index in [2.05, 4.69) is 51.9 Å². The Hall–Kier alpha value is 0.310. The molecule has 0 aromatic carbocycles. The zero-order chi connectivity index (χ0) is 14.7. The Kier molecular flexibility index (Phi) is 6.28.